The highest BCUT2D eigenvalue weighted by molar-refractivity contribution is 5.80. The standard InChI is InChI=1S/C22H27NO4.C16H18N2O2.C12H10N2O2/c1-21(2,3)26-19(24)15-18(20(25)27-22(4,5)6)14-17-11-9-16(10-12-17)8-7-13-23;1-16(2,3)20-15(19)14(18)11-13-8-6-12(7-9-13)5-4-10-17;13-7-1-2-9-3-5-10(6-4-9)8-11(14)12(15)16/h9-12,18H,14-15H2,1-6H3;6-9,14H,11,18H2,1-3H3;3-6,11H,8,14H2,(H,15,16). The van der Waals surface area contributed by atoms with Crippen molar-refractivity contribution in [2.24, 2.45) is 17.4 Å². The van der Waals surface area contributed by atoms with Gasteiger partial charge in [-0.3, -0.25) is 19.2 Å². The highest BCUT2D eigenvalue weighted by atomic mass is 16.6. The van der Waals surface area contributed by atoms with Gasteiger partial charge >= 0.3 is 23.9 Å². The molecule has 0 amide bonds. The zero-order valence-corrected chi connectivity index (χ0v) is 37.3. The van der Waals surface area contributed by atoms with Crippen LogP contribution in [0.25, 0.3) is 0 Å². The molecule has 0 heterocycles. The molecule has 0 aliphatic heterocycles. The number of hydrogen-bond acceptors (Lipinski definition) is 12. The van der Waals surface area contributed by atoms with E-state index in [9.17, 15) is 19.2 Å². The summed E-state index contributed by atoms with van der Waals surface area (Å²) in [6.07, 6.45) is 0.977. The Morgan fingerprint density at radius 1 is 0.524 bits per heavy atom. The van der Waals surface area contributed by atoms with E-state index in [0.717, 1.165) is 22.3 Å². The monoisotopic (exact) mass is 853 g/mol. The second-order valence-corrected chi connectivity index (χ2v) is 16.9. The van der Waals surface area contributed by atoms with Gasteiger partial charge in [0.1, 0.15) is 28.9 Å². The van der Waals surface area contributed by atoms with Crippen LogP contribution < -0.4 is 11.5 Å². The number of benzene rings is 3. The lowest BCUT2D eigenvalue weighted by Crippen LogP contribution is -2.38. The van der Waals surface area contributed by atoms with Gasteiger partial charge in [-0.15, -0.1) is 0 Å². The molecule has 0 aliphatic carbocycles. The van der Waals surface area contributed by atoms with E-state index in [0.29, 0.717) is 24.0 Å². The number of nitrogens with zero attached hydrogens (tertiary/aromatic N) is 3. The quantitative estimate of drug-likeness (QED) is 0.113. The third kappa shape index (κ3) is 25.1. The molecule has 0 aromatic heterocycles. The van der Waals surface area contributed by atoms with Crippen LogP contribution in [0.2, 0.25) is 0 Å². The van der Waals surface area contributed by atoms with Crippen LogP contribution in [0.5, 0.6) is 0 Å². The molecule has 3 unspecified atom stereocenters. The third-order valence-electron chi connectivity index (χ3n) is 7.64. The van der Waals surface area contributed by atoms with E-state index >= 15 is 0 Å². The molecule has 13 nitrogen and oxygen atoms in total. The zero-order valence-electron chi connectivity index (χ0n) is 37.3. The highest BCUT2D eigenvalue weighted by Crippen LogP contribution is 2.21. The summed E-state index contributed by atoms with van der Waals surface area (Å²) in [6.45, 7) is 16.1. The number of nitrogens with two attached hydrogens (primary N) is 2. The topological polar surface area (TPSA) is 240 Å². The minimum absolute atomic E-state index is 0.0534. The van der Waals surface area contributed by atoms with Gasteiger partial charge < -0.3 is 30.8 Å². The number of carboxylic acids is 1. The number of carboxylic acid groups (broad SMARTS) is 1. The van der Waals surface area contributed by atoms with Crippen LogP contribution in [-0.4, -0.2) is 57.9 Å². The molecular formula is C50H55N5O8. The number of nitriles is 3. The van der Waals surface area contributed by atoms with Crippen molar-refractivity contribution in [1.29, 1.82) is 15.8 Å². The normalized spacial score (nSPS) is 11.7. The second-order valence-electron chi connectivity index (χ2n) is 16.9. The van der Waals surface area contributed by atoms with Crippen molar-refractivity contribution in [2.45, 2.75) is 117 Å². The van der Waals surface area contributed by atoms with E-state index in [1.54, 1.807) is 129 Å². The number of rotatable bonds is 11. The Morgan fingerprint density at radius 2 is 0.841 bits per heavy atom. The molecule has 0 saturated carbocycles. The van der Waals surface area contributed by atoms with Crippen molar-refractivity contribution in [3.63, 3.8) is 0 Å². The van der Waals surface area contributed by atoms with Gasteiger partial charge in [-0.2, -0.15) is 15.8 Å². The maximum absolute atomic E-state index is 12.6. The molecular weight excluding hydrogens is 799 g/mol. The fraction of sp³-hybridized carbons (Fsp3) is 0.380. The van der Waals surface area contributed by atoms with Gasteiger partial charge in [-0.05, 0) is 135 Å². The highest BCUT2D eigenvalue weighted by Gasteiger charge is 2.30. The van der Waals surface area contributed by atoms with E-state index < -0.39 is 58.7 Å². The molecule has 0 radical (unpaired) electrons. The lowest BCUT2D eigenvalue weighted by molar-refractivity contribution is -0.167. The molecule has 13 heteroatoms. The Labute approximate surface area is 371 Å². The summed E-state index contributed by atoms with van der Waals surface area (Å²) in [5.74, 6) is 12.0. The molecule has 5 N–H and O–H groups in total. The smallest absolute Gasteiger partial charge is 0.323 e. The number of esters is 3. The van der Waals surface area contributed by atoms with Crippen LogP contribution in [0.3, 0.4) is 0 Å². The van der Waals surface area contributed by atoms with E-state index in [4.69, 9.17) is 46.6 Å². The molecule has 3 aromatic rings. The van der Waals surface area contributed by atoms with Gasteiger partial charge in [-0.1, -0.05) is 54.2 Å². The van der Waals surface area contributed by atoms with Crippen molar-refractivity contribution in [3.05, 3.63) is 106 Å². The molecule has 328 valence electrons. The van der Waals surface area contributed by atoms with E-state index in [2.05, 4.69) is 35.5 Å². The Hall–Kier alpha value is -7.39. The number of carbonyl (C=O) groups is 4. The molecule has 3 rings (SSSR count). The van der Waals surface area contributed by atoms with Crippen LogP contribution >= 0.6 is 0 Å². The van der Waals surface area contributed by atoms with Crippen molar-refractivity contribution in [2.75, 3.05) is 0 Å². The molecule has 0 saturated heterocycles. The molecule has 0 fully saturated rings. The fourth-order valence-electron chi connectivity index (χ4n) is 5.02. The molecule has 0 bridgehead atoms. The SMILES string of the molecule is CC(C)(C)OC(=O)C(N)Cc1ccc(C#CC#N)cc1.CC(C)(C)OC(=O)CC(Cc1ccc(C#CC#N)cc1)C(=O)OC(C)(C)C.N#CC#Cc1ccc(CC(N)C(=O)O)cc1. The summed E-state index contributed by atoms with van der Waals surface area (Å²) in [4.78, 5) is 47.1. The van der Waals surface area contributed by atoms with Crippen molar-refractivity contribution >= 4 is 23.9 Å². The first-order valence-electron chi connectivity index (χ1n) is 19.7. The Morgan fingerprint density at radius 3 is 1.16 bits per heavy atom. The predicted molar refractivity (Wildman–Crippen MR) is 237 cm³/mol. The largest absolute Gasteiger partial charge is 0.480 e. The Kier molecular flexibility index (Phi) is 22.2. The van der Waals surface area contributed by atoms with Gasteiger partial charge in [0.25, 0.3) is 0 Å². The van der Waals surface area contributed by atoms with Crippen LogP contribution in [0.15, 0.2) is 72.8 Å². The maximum atomic E-state index is 12.6. The molecule has 0 aliphatic rings. The van der Waals surface area contributed by atoms with Crippen LogP contribution in [0.1, 0.15) is 102 Å². The van der Waals surface area contributed by atoms with Crippen molar-refractivity contribution in [1.82, 2.24) is 0 Å². The summed E-state index contributed by atoms with van der Waals surface area (Å²) in [5.41, 5.74) is 14.2. The van der Waals surface area contributed by atoms with Gasteiger partial charge in [0.15, 0.2) is 18.2 Å². The van der Waals surface area contributed by atoms with E-state index in [-0.39, 0.29) is 12.8 Å². The molecule has 3 atom stereocenters. The first kappa shape index (κ1) is 53.6. The number of aliphatic carboxylic acids is 1. The lowest BCUT2D eigenvalue weighted by Gasteiger charge is -2.25. The fourth-order valence-corrected chi connectivity index (χ4v) is 5.02. The molecule has 3 aromatic carbocycles. The summed E-state index contributed by atoms with van der Waals surface area (Å²) in [7, 11) is 0. The number of hydrogen-bond donors (Lipinski definition) is 3. The van der Waals surface area contributed by atoms with Gasteiger partial charge in [0.05, 0.1) is 12.3 Å². The van der Waals surface area contributed by atoms with Crippen molar-refractivity contribution in [3.8, 4) is 53.7 Å². The van der Waals surface area contributed by atoms with Crippen molar-refractivity contribution < 1.29 is 38.5 Å². The first-order valence-corrected chi connectivity index (χ1v) is 19.7. The summed E-state index contributed by atoms with van der Waals surface area (Å²) in [6, 6.07) is 25.1. The molecule has 63 heavy (non-hydrogen) atoms. The second kappa shape index (κ2) is 26.1. The number of carbonyl (C=O) groups excluding carboxylic acids is 3. The average molecular weight is 854 g/mol. The maximum Gasteiger partial charge on any atom is 0.323 e. The Bertz CT molecular complexity index is 2330. The predicted octanol–water partition coefficient (Wildman–Crippen LogP) is 6.08. The summed E-state index contributed by atoms with van der Waals surface area (Å²) in [5, 5.41) is 33.8. The van der Waals surface area contributed by atoms with Crippen LogP contribution in [0, 0.1) is 75.4 Å². The summed E-state index contributed by atoms with van der Waals surface area (Å²) >= 11 is 0. The number of ether oxygens (including phenoxy) is 3. The molecule has 0 spiro atoms. The van der Waals surface area contributed by atoms with Crippen LogP contribution in [-0.2, 0) is 52.7 Å². The zero-order chi connectivity index (χ0) is 47.8. The van der Waals surface area contributed by atoms with Gasteiger partial charge in [0, 0.05) is 34.5 Å². The average Bonchev–Trinajstić information content (AvgIpc) is 3.18. The third-order valence-corrected chi connectivity index (χ3v) is 7.64. The minimum Gasteiger partial charge on any atom is -0.480 e. The van der Waals surface area contributed by atoms with Crippen LogP contribution in [0.4, 0.5) is 0 Å². The van der Waals surface area contributed by atoms with Gasteiger partial charge in [0.2, 0.25) is 0 Å². The van der Waals surface area contributed by atoms with E-state index in [1.807, 2.05) is 24.3 Å². The lowest BCUT2D eigenvalue weighted by atomic mass is 9.95. The minimum atomic E-state index is -1.02. The first-order chi connectivity index (χ1) is 29.3. The Balaban J connectivity index is 0.000000490. The van der Waals surface area contributed by atoms with Gasteiger partial charge in [-0.25, -0.2) is 0 Å². The van der Waals surface area contributed by atoms with E-state index in [1.165, 1.54) is 0 Å². The summed E-state index contributed by atoms with van der Waals surface area (Å²) < 4.78 is 16.1.